The monoisotopic (exact) mass is 431 g/mol. The minimum atomic E-state index is -4.26. The number of aromatic nitrogens is 2. The number of aliphatic hydroxyl groups is 1. The Bertz CT molecular complexity index is 1120. The molecule has 0 aliphatic rings. The van der Waals surface area contributed by atoms with Crippen LogP contribution in [0.4, 0.5) is 18.9 Å². The standard InChI is InChI=1S/C23H24F3N3O2/c1-3-21(31)18-7-6-17(11-15(18)2)20-13-28-22-19(27-9-8-23(24,25)26)12-16(5-4-10-30)14-29(20)22/h4-7,11-14,27,30H,3,8-10H2,1-2H3/b5-4-. The fourth-order valence-corrected chi connectivity index (χ4v) is 3.40. The number of carbonyl (C=O) groups is 1. The van der Waals surface area contributed by atoms with E-state index in [1.807, 2.05) is 26.0 Å². The van der Waals surface area contributed by atoms with Gasteiger partial charge < -0.3 is 10.4 Å². The topological polar surface area (TPSA) is 66.6 Å². The van der Waals surface area contributed by atoms with Crippen LogP contribution in [0.15, 0.2) is 42.7 Å². The van der Waals surface area contributed by atoms with Crippen LogP contribution in [0, 0.1) is 6.92 Å². The van der Waals surface area contributed by atoms with Crippen molar-refractivity contribution < 1.29 is 23.1 Å². The quantitative estimate of drug-likeness (QED) is 0.477. The molecule has 3 rings (SSSR count). The second-order valence-corrected chi connectivity index (χ2v) is 7.21. The van der Waals surface area contributed by atoms with Crippen molar-refractivity contribution in [3.63, 3.8) is 0 Å². The first-order valence-corrected chi connectivity index (χ1v) is 9.97. The molecule has 2 aromatic heterocycles. The molecule has 2 N–H and O–H groups in total. The van der Waals surface area contributed by atoms with Gasteiger partial charge in [-0.2, -0.15) is 13.2 Å². The van der Waals surface area contributed by atoms with E-state index in [-0.39, 0.29) is 18.9 Å². The number of benzene rings is 1. The van der Waals surface area contributed by atoms with E-state index in [0.717, 1.165) is 16.8 Å². The number of carbonyl (C=O) groups excluding carboxylic acids is 1. The third kappa shape index (κ3) is 5.32. The van der Waals surface area contributed by atoms with Crippen molar-refractivity contribution in [1.29, 1.82) is 0 Å². The fraction of sp³-hybridized carbons (Fsp3) is 0.304. The minimum absolute atomic E-state index is 0.0646. The molecule has 164 valence electrons. The Morgan fingerprint density at radius 2 is 2.06 bits per heavy atom. The van der Waals surface area contributed by atoms with Gasteiger partial charge in [-0.3, -0.25) is 9.20 Å². The predicted octanol–water partition coefficient (Wildman–Crippen LogP) is 5.27. The molecule has 0 aliphatic carbocycles. The number of rotatable bonds is 8. The molecule has 0 unspecified atom stereocenters. The molecule has 5 nitrogen and oxygen atoms in total. The number of alkyl halides is 3. The number of hydrogen-bond donors (Lipinski definition) is 2. The normalized spacial score (nSPS) is 12.1. The fourth-order valence-electron chi connectivity index (χ4n) is 3.40. The maximum absolute atomic E-state index is 12.6. The Kier molecular flexibility index (Phi) is 6.80. The number of halogens is 3. The Hall–Kier alpha value is -3.13. The van der Waals surface area contributed by atoms with E-state index in [1.54, 1.807) is 41.1 Å². The van der Waals surface area contributed by atoms with Crippen molar-refractivity contribution >= 4 is 23.2 Å². The average molecular weight is 431 g/mol. The van der Waals surface area contributed by atoms with E-state index in [9.17, 15) is 18.0 Å². The van der Waals surface area contributed by atoms with Crippen LogP contribution in [0.5, 0.6) is 0 Å². The summed E-state index contributed by atoms with van der Waals surface area (Å²) >= 11 is 0. The zero-order chi connectivity index (χ0) is 22.6. The largest absolute Gasteiger partial charge is 0.392 e. The molecule has 31 heavy (non-hydrogen) atoms. The lowest BCUT2D eigenvalue weighted by molar-refractivity contribution is -0.131. The van der Waals surface area contributed by atoms with E-state index < -0.39 is 12.6 Å². The molecule has 0 saturated heterocycles. The number of anilines is 1. The van der Waals surface area contributed by atoms with Crippen LogP contribution >= 0.6 is 0 Å². The van der Waals surface area contributed by atoms with Crippen LogP contribution in [-0.2, 0) is 0 Å². The van der Waals surface area contributed by atoms with Gasteiger partial charge in [0.25, 0.3) is 0 Å². The van der Waals surface area contributed by atoms with Crippen molar-refractivity contribution in [2.45, 2.75) is 32.9 Å². The highest BCUT2D eigenvalue weighted by molar-refractivity contribution is 5.97. The number of aliphatic hydroxyl groups excluding tert-OH is 1. The van der Waals surface area contributed by atoms with Crippen LogP contribution < -0.4 is 5.32 Å². The molecule has 0 aliphatic heterocycles. The number of fused-ring (bicyclic) bond motifs is 1. The summed E-state index contributed by atoms with van der Waals surface area (Å²) in [5, 5.41) is 11.9. The van der Waals surface area contributed by atoms with Crippen molar-refractivity contribution in [2.24, 2.45) is 0 Å². The van der Waals surface area contributed by atoms with Gasteiger partial charge in [-0.25, -0.2) is 4.98 Å². The summed E-state index contributed by atoms with van der Waals surface area (Å²) in [5.41, 5.74) is 4.74. The number of imidazole rings is 1. The van der Waals surface area contributed by atoms with Gasteiger partial charge in [-0.15, -0.1) is 0 Å². The number of nitrogens with one attached hydrogen (secondary N) is 1. The second kappa shape index (κ2) is 9.34. The third-order valence-corrected chi connectivity index (χ3v) is 4.91. The number of ketones is 1. The highest BCUT2D eigenvalue weighted by Crippen LogP contribution is 2.29. The van der Waals surface area contributed by atoms with E-state index in [2.05, 4.69) is 10.3 Å². The molecule has 0 atom stereocenters. The van der Waals surface area contributed by atoms with Crippen molar-refractivity contribution in [2.75, 3.05) is 18.5 Å². The molecule has 8 heteroatoms. The van der Waals surface area contributed by atoms with E-state index >= 15 is 0 Å². The van der Waals surface area contributed by atoms with Crippen molar-refractivity contribution in [3.8, 4) is 11.3 Å². The van der Waals surface area contributed by atoms with Gasteiger partial charge in [0.15, 0.2) is 11.4 Å². The minimum Gasteiger partial charge on any atom is -0.392 e. The molecule has 0 saturated carbocycles. The van der Waals surface area contributed by atoms with Crippen LogP contribution in [0.25, 0.3) is 23.0 Å². The van der Waals surface area contributed by atoms with Crippen LogP contribution in [0.2, 0.25) is 0 Å². The number of Topliss-reactive ketones (excluding diaryl/α,β-unsaturated/α-hetero) is 1. The molecule has 3 aromatic rings. The van der Waals surface area contributed by atoms with Gasteiger partial charge in [-0.05, 0) is 30.2 Å². The smallest absolute Gasteiger partial charge is 0.390 e. The third-order valence-electron chi connectivity index (χ3n) is 4.91. The molecule has 0 bridgehead atoms. The van der Waals surface area contributed by atoms with Crippen LogP contribution in [-0.4, -0.2) is 39.6 Å². The summed E-state index contributed by atoms with van der Waals surface area (Å²) in [6.07, 6.45) is 1.89. The molecule has 0 amide bonds. The van der Waals surface area contributed by atoms with Gasteiger partial charge in [0.1, 0.15) is 0 Å². The summed E-state index contributed by atoms with van der Waals surface area (Å²) in [4.78, 5) is 16.5. The Balaban J connectivity index is 2.05. The van der Waals surface area contributed by atoms with Crippen molar-refractivity contribution in [3.05, 3.63) is 59.4 Å². The first-order chi connectivity index (χ1) is 14.7. The maximum atomic E-state index is 12.6. The Morgan fingerprint density at radius 3 is 2.71 bits per heavy atom. The first kappa shape index (κ1) is 22.6. The maximum Gasteiger partial charge on any atom is 0.390 e. The van der Waals surface area contributed by atoms with Gasteiger partial charge in [0.2, 0.25) is 0 Å². The summed E-state index contributed by atoms with van der Waals surface area (Å²) in [7, 11) is 0. The summed E-state index contributed by atoms with van der Waals surface area (Å²) in [5.74, 6) is 0.0646. The lowest BCUT2D eigenvalue weighted by Crippen LogP contribution is -2.15. The Morgan fingerprint density at radius 1 is 1.29 bits per heavy atom. The highest BCUT2D eigenvalue weighted by atomic mass is 19.4. The lowest BCUT2D eigenvalue weighted by atomic mass is 9.99. The Labute approximate surface area is 178 Å². The van der Waals surface area contributed by atoms with Gasteiger partial charge in [0.05, 0.1) is 30.6 Å². The molecule has 1 aromatic carbocycles. The summed E-state index contributed by atoms with van der Waals surface area (Å²) in [6.45, 7) is 3.25. The van der Waals surface area contributed by atoms with E-state index in [1.165, 1.54) is 0 Å². The second-order valence-electron chi connectivity index (χ2n) is 7.21. The van der Waals surface area contributed by atoms with E-state index in [4.69, 9.17) is 5.11 Å². The SMILES string of the molecule is CCC(=O)c1ccc(-c2cnc3c(NCCC(F)(F)F)cc(/C=C\CO)cn23)cc1C. The average Bonchev–Trinajstić information content (AvgIpc) is 3.14. The summed E-state index contributed by atoms with van der Waals surface area (Å²) in [6, 6.07) is 7.22. The number of hydrogen-bond acceptors (Lipinski definition) is 4. The highest BCUT2D eigenvalue weighted by Gasteiger charge is 2.26. The summed E-state index contributed by atoms with van der Waals surface area (Å²) < 4.78 is 39.5. The molecule has 2 heterocycles. The number of nitrogens with zero attached hydrogens (tertiary/aromatic N) is 2. The zero-order valence-corrected chi connectivity index (χ0v) is 17.3. The molecular weight excluding hydrogens is 407 g/mol. The van der Waals surface area contributed by atoms with Gasteiger partial charge >= 0.3 is 6.18 Å². The molecule has 0 radical (unpaired) electrons. The van der Waals surface area contributed by atoms with Crippen molar-refractivity contribution in [1.82, 2.24) is 9.38 Å². The van der Waals surface area contributed by atoms with Gasteiger partial charge in [-0.1, -0.05) is 31.2 Å². The number of pyridine rings is 1. The molecule has 0 fully saturated rings. The number of aryl methyl sites for hydroxylation is 1. The molecule has 0 spiro atoms. The van der Waals surface area contributed by atoms with Crippen LogP contribution in [0.1, 0.15) is 41.3 Å². The first-order valence-electron chi connectivity index (χ1n) is 9.97. The zero-order valence-electron chi connectivity index (χ0n) is 17.3. The lowest BCUT2D eigenvalue weighted by Gasteiger charge is -2.12. The van der Waals surface area contributed by atoms with Gasteiger partial charge in [0, 0.05) is 30.3 Å². The van der Waals surface area contributed by atoms with Crippen LogP contribution in [0.3, 0.4) is 0 Å². The predicted molar refractivity (Wildman–Crippen MR) is 115 cm³/mol. The van der Waals surface area contributed by atoms with E-state index in [0.29, 0.717) is 28.9 Å². The molecular formula is C23H24F3N3O2.